The van der Waals surface area contributed by atoms with Crippen LogP contribution in [0.2, 0.25) is 0 Å². The van der Waals surface area contributed by atoms with Crippen LogP contribution in [0.5, 0.6) is 5.75 Å². The smallest absolute Gasteiger partial charge is 0.252 e. The van der Waals surface area contributed by atoms with E-state index in [1.807, 2.05) is 12.1 Å². The number of halogens is 2. The standard InChI is InChI=1S/C15H14BrIN2O2/c1-21-14-5-3-11(18)6-9(14)8-19-15(20)12-7-10(16)2-4-13(12)17/h2-7H,8,18H2,1H3,(H,19,20). The molecule has 4 nitrogen and oxygen atoms in total. The van der Waals surface area contributed by atoms with Crippen molar-refractivity contribution in [3.05, 3.63) is 55.6 Å². The zero-order valence-electron chi connectivity index (χ0n) is 11.3. The van der Waals surface area contributed by atoms with Gasteiger partial charge in [0.15, 0.2) is 0 Å². The third kappa shape index (κ3) is 4.10. The lowest BCUT2D eigenvalue weighted by molar-refractivity contribution is 0.0949. The molecule has 0 aliphatic rings. The van der Waals surface area contributed by atoms with Crippen molar-refractivity contribution in [3.8, 4) is 5.75 Å². The summed E-state index contributed by atoms with van der Waals surface area (Å²) in [6.07, 6.45) is 0. The van der Waals surface area contributed by atoms with Crippen LogP contribution in [0.3, 0.4) is 0 Å². The number of rotatable bonds is 4. The summed E-state index contributed by atoms with van der Waals surface area (Å²) in [5, 5.41) is 2.89. The van der Waals surface area contributed by atoms with Gasteiger partial charge in [-0.3, -0.25) is 4.79 Å². The SMILES string of the molecule is COc1ccc(N)cc1CNC(=O)c1cc(Br)ccc1I. The molecule has 0 fully saturated rings. The van der Waals surface area contributed by atoms with E-state index in [1.165, 1.54) is 0 Å². The van der Waals surface area contributed by atoms with Gasteiger partial charge in [0.05, 0.1) is 12.7 Å². The molecule has 0 bridgehead atoms. The molecule has 3 N–H and O–H groups in total. The van der Waals surface area contributed by atoms with Gasteiger partial charge in [-0.05, 0) is 59.0 Å². The number of hydrogen-bond donors (Lipinski definition) is 2. The quantitative estimate of drug-likeness (QED) is 0.541. The minimum absolute atomic E-state index is 0.134. The number of carbonyl (C=O) groups excluding carboxylic acids is 1. The van der Waals surface area contributed by atoms with Crippen LogP contribution in [-0.2, 0) is 6.54 Å². The fraction of sp³-hybridized carbons (Fsp3) is 0.133. The van der Waals surface area contributed by atoms with Crippen LogP contribution in [0.15, 0.2) is 40.9 Å². The molecule has 0 saturated carbocycles. The molecule has 0 unspecified atom stereocenters. The van der Waals surface area contributed by atoms with Crippen molar-refractivity contribution in [1.82, 2.24) is 5.32 Å². The monoisotopic (exact) mass is 460 g/mol. The second-order valence-corrected chi connectivity index (χ2v) is 6.46. The molecule has 6 heteroatoms. The van der Waals surface area contributed by atoms with Crippen LogP contribution < -0.4 is 15.8 Å². The van der Waals surface area contributed by atoms with Crippen molar-refractivity contribution >= 4 is 50.1 Å². The van der Waals surface area contributed by atoms with Gasteiger partial charge >= 0.3 is 0 Å². The lowest BCUT2D eigenvalue weighted by atomic mass is 10.1. The van der Waals surface area contributed by atoms with Crippen molar-refractivity contribution in [3.63, 3.8) is 0 Å². The summed E-state index contributed by atoms with van der Waals surface area (Å²) in [4.78, 5) is 12.3. The summed E-state index contributed by atoms with van der Waals surface area (Å²) in [6.45, 7) is 0.357. The average Bonchev–Trinajstić information content (AvgIpc) is 2.47. The normalized spacial score (nSPS) is 10.2. The Kier molecular flexibility index (Phi) is 5.46. The summed E-state index contributed by atoms with van der Waals surface area (Å²) in [5.74, 6) is 0.568. The second kappa shape index (κ2) is 7.13. The third-order valence-electron chi connectivity index (χ3n) is 2.92. The number of nitrogens with one attached hydrogen (secondary N) is 1. The summed E-state index contributed by atoms with van der Waals surface area (Å²) in [7, 11) is 1.59. The summed E-state index contributed by atoms with van der Waals surface area (Å²) in [6, 6.07) is 10.9. The zero-order valence-corrected chi connectivity index (χ0v) is 15.1. The van der Waals surface area contributed by atoms with E-state index in [2.05, 4.69) is 43.8 Å². The van der Waals surface area contributed by atoms with Gasteiger partial charge in [-0.2, -0.15) is 0 Å². The van der Waals surface area contributed by atoms with Crippen LogP contribution >= 0.6 is 38.5 Å². The molecule has 2 rings (SSSR count). The molecule has 0 heterocycles. The molecule has 0 aromatic heterocycles. The van der Waals surface area contributed by atoms with E-state index in [-0.39, 0.29) is 5.91 Å². The first-order chi connectivity index (χ1) is 10.0. The number of hydrogen-bond acceptors (Lipinski definition) is 3. The van der Waals surface area contributed by atoms with Gasteiger partial charge in [-0.15, -0.1) is 0 Å². The van der Waals surface area contributed by atoms with Crippen molar-refractivity contribution in [2.45, 2.75) is 6.54 Å². The molecule has 110 valence electrons. The van der Waals surface area contributed by atoms with Crippen molar-refractivity contribution < 1.29 is 9.53 Å². The lowest BCUT2D eigenvalue weighted by Crippen LogP contribution is -2.24. The second-order valence-electron chi connectivity index (χ2n) is 4.38. The summed E-state index contributed by atoms with van der Waals surface area (Å²) < 4.78 is 7.03. The Hall–Kier alpha value is -1.28. The van der Waals surface area contributed by atoms with Crippen LogP contribution in [0.25, 0.3) is 0 Å². The summed E-state index contributed by atoms with van der Waals surface area (Å²) >= 11 is 5.51. The Labute approximate surface area is 145 Å². The fourth-order valence-corrected chi connectivity index (χ4v) is 2.82. The Bertz CT molecular complexity index is 677. The zero-order chi connectivity index (χ0) is 15.4. The third-order valence-corrected chi connectivity index (χ3v) is 4.35. The van der Waals surface area contributed by atoms with E-state index in [0.29, 0.717) is 23.5 Å². The highest BCUT2D eigenvalue weighted by Crippen LogP contribution is 2.22. The first-order valence-electron chi connectivity index (χ1n) is 6.17. The molecule has 0 spiro atoms. The average molecular weight is 461 g/mol. The number of nitrogens with two attached hydrogens (primary N) is 1. The van der Waals surface area contributed by atoms with E-state index in [9.17, 15) is 4.79 Å². The van der Waals surface area contributed by atoms with E-state index >= 15 is 0 Å². The number of benzene rings is 2. The number of carbonyl (C=O) groups is 1. The van der Waals surface area contributed by atoms with Gasteiger partial charge in [-0.25, -0.2) is 0 Å². The van der Waals surface area contributed by atoms with Crippen molar-refractivity contribution in [2.75, 3.05) is 12.8 Å². The topological polar surface area (TPSA) is 64.3 Å². The van der Waals surface area contributed by atoms with Crippen molar-refractivity contribution in [2.24, 2.45) is 0 Å². The Morgan fingerprint density at radius 3 is 2.81 bits per heavy atom. The minimum Gasteiger partial charge on any atom is -0.496 e. The highest BCUT2D eigenvalue weighted by molar-refractivity contribution is 14.1. The van der Waals surface area contributed by atoms with Crippen LogP contribution in [0, 0.1) is 3.57 Å². The molecule has 21 heavy (non-hydrogen) atoms. The molecule has 2 aromatic rings. The number of amides is 1. The number of ether oxygens (including phenoxy) is 1. The largest absolute Gasteiger partial charge is 0.496 e. The summed E-state index contributed by atoms with van der Waals surface area (Å²) in [5.41, 5.74) is 7.88. The molecular formula is C15H14BrIN2O2. The molecule has 1 amide bonds. The molecule has 0 aliphatic heterocycles. The molecule has 0 aliphatic carbocycles. The Morgan fingerprint density at radius 2 is 2.10 bits per heavy atom. The highest BCUT2D eigenvalue weighted by atomic mass is 127. The molecular weight excluding hydrogens is 447 g/mol. The fourth-order valence-electron chi connectivity index (χ4n) is 1.88. The molecule has 2 aromatic carbocycles. The van der Waals surface area contributed by atoms with E-state index < -0.39 is 0 Å². The highest BCUT2D eigenvalue weighted by Gasteiger charge is 2.11. The predicted molar refractivity (Wildman–Crippen MR) is 95.4 cm³/mol. The maximum Gasteiger partial charge on any atom is 0.252 e. The van der Waals surface area contributed by atoms with Crippen molar-refractivity contribution in [1.29, 1.82) is 0 Å². The van der Waals surface area contributed by atoms with Crippen LogP contribution in [0.1, 0.15) is 15.9 Å². The van der Waals surface area contributed by atoms with E-state index in [1.54, 1.807) is 31.4 Å². The van der Waals surface area contributed by atoms with Crippen LogP contribution in [0.4, 0.5) is 5.69 Å². The molecule has 0 radical (unpaired) electrons. The predicted octanol–water partition coefficient (Wildman–Crippen LogP) is 3.57. The number of anilines is 1. The maximum atomic E-state index is 12.3. The van der Waals surface area contributed by atoms with E-state index in [4.69, 9.17) is 10.5 Å². The Morgan fingerprint density at radius 1 is 1.33 bits per heavy atom. The van der Waals surface area contributed by atoms with Crippen LogP contribution in [-0.4, -0.2) is 13.0 Å². The van der Waals surface area contributed by atoms with Gasteiger partial charge in [0.1, 0.15) is 5.75 Å². The van der Waals surface area contributed by atoms with Gasteiger partial charge in [0, 0.05) is 25.8 Å². The van der Waals surface area contributed by atoms with Gasteiger partial charge in [-0.1, -0.05) is 15.9 Å². The molecule has 0 atom stereocenters. The van der Waals surface area contributed by atoms with Gasteiger partial charge in [0.2, 0.25) is 0 Å². The number of methoxy groups -OCH3 is 1. The van der Waals surface area contributed by atoms with E-state index in [0.717, 1.165) is 13.6 Å². The Balaban J connectivity index is 2.14. The first-order valence-corrected chi connectivity index (χ1v) is 8.04. The lowest BCUT2D eigenvalue weighted by Gasteiger charge is -2.11. The van der Waals surface area contributed by atoms with Gasteiger partial charge < -0.3 is 15.8 Å². The number of nitrogen functional groups attached to an aromatic ring is 1. The van der Waals surface area contributed by atoms with Gasteiger partial charge in [0.25, 0.3) is 5.91 Å². The maximum absolute atomic E-state index is 12.3. The minimum atomic E-state index is -0.134. The first kappa shape index (κ1) is 16.1. The molecule has 0 saturated heterocycles.